The van der Waals surface area contributed by atoms with Crippen LogP contribution >= 0.6 is 23.1 Å². The number of imidazole rings is 1. The highest BCUT2D eigenvalue weighted by Crippen LogP contribution is 2.25. The Hall–Kier alpha value is -2.38. The number of H-pyrrole nitrogens is 1. The van der Waals surface area contributed by atoms with Gasteiger partial charge in [0, 0.05) is 12.4 Å². The molecule has 0 amide bonds. The minimum Gasteiger partial charge on any atom is -0.309 e. The molecule has 0 aliphatic heterocycles. The Morgan fingerprint density at radius 3 is 3.00 bits per heavy atom. The lowest BCUT2D eigenvalue weighted by Gasteiger charge is -2.11. The number of benzene rings is 1. The van der Waals surface area contributed by atoms with E-state index < -0.39 is 0 Å². The van der Waals surface area contributed by atoms with Gasteiger partial charge < -0.3 is 4.98 Å². The van der Waals surface area contributed by atoms with Crippen molar-refractivity contribution in [3.05, 3.63) is 69.3 Å². The van der Waals surface area contributed by atoms with Crippen molar-refractivity contribution in [1.82, 2.24) is 19.5 Å². The van der Waals surface area contributed by atoms with Gasteiger partial charge in [0.05, 0.1) is 17.0 Å². The lowest BCUT2D eigenvalue weighted by atomic mass is 10.1. The Bertz CT molecular complexity index is 1110. The summed E-state index contributed by atoms with van der Waals surface area (Å²) < 4.78 is 2.74. The molecule has 0 saturated heterocycles. The average molecular weight is 368 g/mol. The van der Waals surface area contributed by atoms with Crippen molar-refractivity contribution in [1.29, 1.82) is 0 Å². The third-order valence-corrected chi connectivity index (χ3v) is 5.80. The van der Waals surface area contributed by atoms with E-state index in [4.69, 9.17) is 0 Å². The van der Waals surface area contributed by atoms with Gasteiger partial charge in [0.15, 0.2) is 5.16 Å². The maximum absolute atomic E-state index is 12.1. The zero-order chi connectivity index (χ0) is 17.4. The molecule has 4 aromatic rings. The van der Waals surface area contributed by atoms with Crippen molar-refractivity contribution < 1.29 is 0 Å². The number of aromatic amines is 1. The van der Waals surface area contributed by atoms with E-state index in [0.29, 0.717) is 16.3 Å². The summed E-state index contributed by atoms with van der Waals surface area (Å²) in [5, 5.41) is 2.76. The smallest absolute Gasteiger partial charge is 0.268 e. The number of hydrogen-bond acceptors (Lipinski definition) is 5. The van der Waals surface area contributed by atoms with E-state index in [9.17, 15) is 4.79 Å². The molecule has 0 spiro atoms. The fraction of sp³-hybridized carbons (Fsp3) is 0.167. The molecule has 3 heterocycles. The first-order chi connectivity index (χ1) is 12.1. The molecule has 1 N–H and O–H groups in total. The molecule has 7 heteroatoms. The highest BCUT2D eigenvalue weighted by Gasteiger charge is 2.10. The van der Waals surface area contributed by atoms with Gasteiger partial charge in [-0.3, -0.25) is 9.36 Å². The fourth-order valence-corrected chi connectivity index (χ4v) is 4.34. The number of nitrogens with zero attached hydrogens (tertiary/aromatic N) is 3. The largest absolute Gasteiger partial charge is 0.309 e. The predicted molar refractivity (Wildman–Crippen MR) is 103 cm³/mol. The summed E-state index contributed by atoms with van der Waals surface area (Å²) in [5.74, 6) is 1.22. The van der Waals surface area contributed by atoms with E-state index in [2.05, 4.69) is 51.6 Å². The number of hydrogen-bond donors (Lipinski definition) is 1. The van der Waals surface area contributed by atoms with E-state index in [1.54, 1.807) is 18.0 Å². The molecule has 0 bridgehead atoms. The predicted octanol–water partition coefficient (Wildman–Crippen LogP) is 4.08. The molecule has 0 radical (unpaired) electrons. The number of rotatable bonds is 4. The van der Waals surface area contributed by atoms with Crippen LogP contribution in [0.4, 0.5) is 0 Å². The monoisotopic (exact) mass is 368 g/mol. The van der Waals surface area contributed by atoms with Gasteiger partial charge in [0.1, 0.15) is 10.5 Å². The number of thioether (sulfide) groups is 1. The first kappa shape index (κ1) is 16.1. The molecular formula is C18H16N4OS2. The summed E-state index contributed by atoms with van der Waals surface area (Å²) in [4.78, 5) is 23.9. The van der Waals surface area contributed by atoms with Gasteiger partial charge in [0.2, 0.25) is 0 Å². The molecule has 126 valence electrons. The molecule has 1 aromatic carbocycles. The van der Waals surface area contributed by atoms with Crippen molar-refractivity contribution in [3.8, 4) is 5.69 Å². The van der Waals surface area contributed by atoms with Crippen LogP contribution in [0.1, 0.15) is 17.0 Å². The zero-order valence-corrected chi connectivity index (χ0v) is 15.4. The zero-order valence-electron chi connectivity index (χ0n) is 13.8. The Kier molecular flexibility index (Phi) is 4.19. The van der Waals surface area contributed by atoms with E-state index in [-0.39, 0.29) is 5.56 Å². The van der Waals surface area contributed by atoms with Gasteiger partial charge in [-0.05, 0) is 36.9 Å². The van der Waals surface area contributed by atoms with Crippen LogP contribution in [0.5, 0.6) is 0 Å². The normalized spacial score (nSPS) is 11.3. The van der Waals surface area contributed by atoms with E-state index in [1.165, 1.54) is 22.5 Å². The second kappa shape index (κ2) is 6.50. The summed E-state index contributed by atoms with van der Waals surface area (Å²) >= 11 is 2.97. The quantitative estimate of drug-likeness (QED) is 0.551. The maximum atomic E-state index is 12.1. The van der Waals surface area contributed by atoms with Crippen LogP contribution in [0, 0.1) is 13.8 Å². The van der Waals surface area contributed by atoms with Gasteiger partial charge in [-0.1, -0.05) is 29.5 Å². The lowest BCUT2D eigenvalue weighted by molar-refractivity contribution is 0.884. The summed E-state index contributed by atoms with van der Waals surface area (Å²) in [6.07, 6.45) is 3.75. The van der Waals surface area contributed by atoms with Crippen molar-refractivity contribution in [3.63, 3.8) is 0 Å². The highest BCUT2D eigenvalue weighted by molar-refractivity contribution is 7.98. The molecule has 5 nitrogen and oxygen atoms in total. The fourth-order valence-electron chi connectivity index (χ4n) is 2.78. The Morgan fingerprint density at radius 1 is 1.28 bits per heavy atom. The van der Waals surface area contributed by atoms with Gasteiger partial charge >= 0.3 is 0 Å². The minimum absolute atomic E-state index is 0.0756. The SMILES string of the molecule is Cc1ccc(-n2ccnc2SCc2nc3ccsc3c(=O)[nH]2)c(C)c1. The van der Waals surface area contributed by atoms with Crippen molar-refractivity contribution in [2.24, 2.45) is 0 Å². The second-order valence-electron chi connectivity index (χ2n) is 5.81. The first-order valence-electron chi connectivity index (χ1n) is 7.82. The van der Waals surface area contributed by atoms with Gasteiger partial charge in [-0.25, -0.2) is 9.97 Å². The molecule has 0 unspecified atom stereocenters. The van der Waals surface area contributed by atoms with Crippen LogP contribution in [0.15, 0.2) is 52.0 Å². The summed E-state index contributed by atoms with van der Waals surface area (Å²) in [5.41, 5.74) is 4.23. The summed E-state index contributed by atoms with van der Waals surface area (Å²) in [7, 11) is 0. The molecule has 0 aliphatic rings. The summed E-state index contributed by atoms with van der Waals surface area (Å²) in [6, 6.07) is 8.24. The van der Waals surface area contributed by atoms with Crippen LogP contribution in [-0.2, 0) is 5.75 Å². The number of nitrogens with one attached hydrogen (secondary N) is 1. The summed E-state index contributed by atoms with van der Waals surface area (Å²) in [6.45, 7) is 4.18. The van der Waals surface area contributed by atoms with E-state index in [0.717, 1.165) is 16.4 Å². The Morgan fingerprint density at radius 2 is 2.16 bits per heavy atom. The van der Waals surface area contributed by atoms with Crippen LogP contribution in [-0.4, -0.2) is 19.5 Å². The number of aryl methyl sites for hydroxylation is 2. The molecule has 0 aliphatic carbocycles. The Balaban J connectivity index is 1.61. The van der Waals surface area contributed by atoms with Crippen LogP contribution in [0.3, 0.4) is 0 Å². The van der Waals surface area contributed by atoms with Gasteiger partial charge in [0.25, 0.3) is 5.56 Å². The number of fused-ring (bicyclic) bond motifs is 1. The molecule has 3 aromatic heterocycles. The van der Waals surface area contributed by atoms with Crippen molar-refractivity contribution >= 4 is 33.3 Å². The average Bonchev–Trinajstić information content (AvgIpc) is 3.22. The van der Waals surface area contributed by atoms with Gasteiger partial charge in [-0.2, -0.15) is 0 Å². The molecule has 0 atom stereocenters. The van der Waals surface area contributed by atoms with E-state index in [1.807, 2.05) is 17.6 Å². The highest BCUT2D eigenvalue weighted by atomic mass is 32.2. The van der Waals surface area contributed by atoms with Crippen LogP contribution in [0.2, 0.25) is 0 Å². The lowest BCUT2D eigenvalue weighted by Crippen LogP contribution is -2.09. The van der Waals surface area contributed by atoms with Crippen LogP contribution in [0.25, 0.3) is 15.9 Å². The molecule has 4 rings (SSSR count). The molecular weight excluding hydrogens is 352 g/mol. The third-order valence-electron chi connectivity index (χ3n) is 3.92. The standard InChI is InChI=1S/C18H16N4OS2/c1-11-3-4-14(12(2)9-11)22-7-6-19-18(22)25-10-15-20-13-5-8-24-16(13)17(23)21-15/h3-9H,10H2,1-2H3,(H,20,21,23). The first-order valence-corrected chi connectivity index (χ1v) is 9.68. The molecule has 0 saturated carbocycles. The number of thiophene rings is 1. The minimum atomic E-state index is -0.0756. The van der Waals surface area contributed by atoms with Gasteiger partial charge in [-0.15, -0.1) is 11.3 Å². The second-order valence-corrected chi connectivity index (χ2v) is 7.66. The van der Waals surface area contributed by atoms with Crippen molar-refractivity contribution in [2.45, 2.75) is 24.8 Å². The number of aromatic nitrogens is 4. The maximum Gasteiger partial charge on any atom is 0.268 e. The van der Waals surface area contributed by atoms with Crippen LogP contribution < -0.4 is 5.56 Å². The third kappa shape index (κ3) is 3.12. The van der Waals surface area contributed by atoms with Crippen molar-refractivity contribution in [2.75, 3.05) is 0 Å². The Labute approximate surface area is 152 Å². The topological polar surface area (TPSA) is 63.6 Å². The molecule has 25 heavy (non-hydrogen) atoms. The van der Waals surface area contributed by atoms with E-state index >= 15 is 0 Å². The molecule has 0 fully saturated rings.